The molecule has 0 spiro atoms. The lowest BCUT2D eigenvalue weighted by molar-refractivity contribution is 0.216. The van der Waals surface area contributed by atoms with E-state index in [1.807, 2.05) is 12.1 Å². The van der Waals surface area contributed by atoms with Crippen molar-refractivity contribution in [2.45, 2.75) is 25.8 Å². The zero-order chi connectivity index (χ0) is 20.2. The number of piperidine rings is 1. The zero-order valence-electron chi connectivity index (χ0n) is 16.2. The second-order valence-electron chi connectivity index (χ2n) is 7.21. The molecule has 7 heteroatoms. The Labute approximate surface area is 169 Å². The molecule has 2 aromatic carbocycles. The van der Waals surface area contributed by atoms with Gasteiger partial charge in [0, 0.05) is 16.7 Å². The van der Waals surface area contributed by atoms with Gasteiger partial charge in [-0.2, -0.15) is 5.10 Å². The zero-order valence-corrected chi connectivity index (χ0v) is 16.2. The highest BCUT2D eigenvalue weighted by molar-refractivity contribution is 6.14. The average molecular weight is 390 g/mol. The lowest BCUT2D eigenvalue weighted by Crippen LogP contribution is -2.29. The number of benzene rings is 2. The van der Waals surface area contributed by atoms with Gasteiger partial charge in [-0.1, -0.05) is 6.42 Å². The Hall–Kier alpha value is -3.19. The van der Waals surface area contributed by atoms with Crippen molar-refractivity contribution in [1.29, 1.82) is 5.41 Å². The van der Waals surface area contributed by atoms with Crippen molar-refractivity contribution in [3.05, 3.63) is 65.2 Å². The van der Waals surface area contributed by atoms with Gasteiger partial charge >= 0.3 is 0 Å². The minimum absolute atomic E-state index is 0.248. The lowest BCUT2D eigenvalue weighted by Gasteiger charge is -2.24. The van der Waals surface area contributed by atoms with Crippen LogP contribution in [0.1, 0.15) is 36.2 Å². The topological polar surface area (TPSA) is 81.0 Å². The summed E-state index contributed by atoms with van der Waals surface area (Å²) in [6, 6.07) is 11.4. The lowest BCUT2D eigenvalue weighted by atomic mass is 9.98. The second kappa shape index (κ2) is 8.45. The van der Waals surface area contributed by atoms with E-state index in [9.17, 15) is 4.39 Å². The normalized spacial score (nSPS) is 14.7. The van der Waals surface area contributed by atoms with Crippen molar-refractivity contribution < 1.29 is 4.39 Å². The number of aromatic amines is 1. The van der Waals surface area contributed by atoms with Gasteiger partial charge in [-0.05, 0) is 75.1 Å². The Morgan fingerprint density at radius 2 is 1.90 bits per heavy atom. The van der Waals surface area contributed by atoms with Crippen LogP contribution in [-0.4, -0.2) is 45.6 Å². The summed E-state index contributed by atoms with van der Waals surface area (Å²) < 4.78 is 13.2. The van der Waals surface area contributed by atoms with Crippen molar-refractivity contribution in [1.82, 2.24) is 20.1 Å². The third-order valence-electron chi connectivity index (χ3n) is 5.18. The van der Waals surface area contributed by atoms with Gasteiger partial charge in [0.05, 0.1) is 17.9 Å². The number of halogens is 1. The summed E-state index contributed by atoms with van der Waals surface area (Å²) in [6.07, 6.45) is 3.75. The molecule has 0 atom stereocenters. The molecular weight excluding hydrogens is 367 g/mol. The molecule has 29 heavy (non-hydrogen) atoms. The van der Waals surface area contributed by atoms with Crippen LogP contribution in [0, 0.1) is 11.2 Å². The van der Waals surface area contributed by atoms with E-state index >= 15 is 0 Å². The van der Waals surface area contributed by atoms with Crippen LogP contribution < -0.4 is 0 Å². The van der Waals surface area contributed by atoms with Crippen molar-refractivity contribution in [3.8, 4) is 11.4 Å². The van der Waals surface area contributed by atoms with Crippen molar-refractivity contribution in [2.24, 2.45) is 4.99 Å². The van der Waals surface area contributed by atoms with Crippen LogP contribution in [0.25, 0.3) is 11.4 Å². The number of hydrogen-bond donors (Lipinski definition) is 2. The molecule has 148 valence electrons. The molecule has 6 nitrogen and oxygen atoms in total. The molecule has 1 fully saturated rings. The molecule has 0 aliphatic carbocycles. The number of H-pyrrole nitrogens is 1. The molecule has 1 aliphatic rings. The fraction of sp³-hybridized carbons (Fsp3) is 0.273. The van der Waals surface area contributed by atoms with E-state index < -0.39 is 0 Å². The molecule has 1 aromatic heterocycles. The predicted octanol–water partition coefficient (Wildman–Crippen LogP) is 4.34. The molecule has 1 aliphatic heterocycles. The van der Waals surface area contributed by atoms with Crippen LogP contribution in [0.5, 0.6) is 0 Å². The Bertz CT molecular complexity index is 1020. The number of aliphatic imine (C=N–C) groups is 1. The molecular formula is C22H23FN6. The minimum Gasteiger partial charge on any atom is -0.300 e. The maximum Gasteiger partial charge on any atom is 0.181 e. The summed E-state index contributed by atoms with van der Waals surface area (Å²) in [5.41, 5.74) is 2.84. The van der Waals surface area contributed by atoms with Crippen molar-refractivity contribution >= 4 is 18.1 Å². The van der Waals surface area contributed by atoms with E-state index in [1.54, 1.807) is 18.2 Å². The van der Waals surface area contributed by atoms with Gasteiger partial charge in [-0.3, -0.25) is 20.4 Å². The van der Waals surface area contributed by atoms with E-state index in [0.717, 1.165) is 31.0 Å². The third-order valence-corrected chi connectivity index (χ3v) is 5.18. The third kappa shape index (κ3) is 4.30. The predicted molar refractivity (Wildman–Crippen MR) is 112 cm³/mol. The Morgan fingerprint density at radius 1 is 1.14 bits per heavy atom. The fourth-order valence-electron chi connectivity index (χ4n) is 3.61. The Morgan fingerprint density at radius 3 is 2.62 bits per heavy atom. The van der Waals surface area contributed by atoms with Gasteiger partial charge in [0.25, 0.3) is 0 Å². The molecule has 0 unspecified atom stereocenters. The van der Waals surface area contributed by atoms with Gasteiger partial charge < -0.3 is 0 Å². The monoisotopic (exact) mass is 390 g/mol. The van der Waals surface area contributed by atoms with Crippen molar-refractivity contribution in [3.63, 3.8) is 0 Å². The number of nitrogens with zero attached hydrogens (tertiary/aromatic N) is 4. The van der Waals surface area contributed by atoms with Gasteiger partial charge in [0.1, 0.15) is 11.6 Å². The van der Waals surface area contributed by atoms with Gasteiger partial charge in [-0.15, -0.1) is 0 Å². The number of rotatable bonds is 6. The van der Waals surface area contributed by atoms with Gasteiger partial charge in [0.15, 0.2) is 5.82 Å². The summed E-state index contributed by atoms with van der Waals surface area (Å²) in [5, 5.41) is 16.0. The summed E-state index contributed by atoms with van der Waals surface area (Å²) in [4.78, 5) is 11.1. The van der Waals surface area contributed by atoms with E-state index in [1.165, 1.54) is 31.4 Å². The highest BCUT2D eigenvalue weighted by Gasteiger charge is 2.16. The maximum absolute atomic E-state index is 13.2. The van der Waals surface area contributed by atoms with Gasteiger partial charge in [0.2, 0.25) is 0 Å². The first kappa shape index (κ1) is 19.1. The number of nitrogens with one attached hydrogen (secondary N) is 2. The molecule has 0 amide bonds. The van der Waals surface area contributed by atoms with Crippen LogP contribution in [0.3, 0.4) is 0 Å². The molecule has 2 heterocycles. The van der Waals surface area contributed by atoms with Crippen LogP contribution in [0.15, 0.2) is 47.5 Å². The van der Waals surface area contributed by atoms with E-state index in [0.29, 0.717) is 22.6 Å². The maximum atomic E-state index is 13.2. The Kier molecular flexibility index (Phi) is 5.57. The molecule has 0 radical (unpaired) electrons. The SMILES string of the molecule is C=Nc1ccc(-c2n[nH]c(CN3CCCCC3)n2)cc1C(=N)c1ccc(F)cc1. The molecule has 3 aromatic rings. The molecule has 0 saturated carbocycles. The summed E-state index contributed by atoms with van der Waals surface area (Å²) in [6.45, 7) is 6.55. The van der Waals surface area contributed by atoms with Crippen LogP contribution in [-0.2, 0) is 6.54 Å². The average Bonchev–Trinajstić information content (AvgIpc) is 3.22. The fourth-order valence-corrected chi connectivity index (χ4v) is 3.61. The number of aromatic nitrogens is 3. The standard InChI is InChI=1S/C22H23FN6/c1-25-19-10-7-16(13-18(19)21(24)15-5-8-17(23)9-6-15)22-26-20(27-28-22)14-29-11-3-2-4-12-29/h5-10,13,24H,1-4,11-12,14H2,(H,26,27,28). The minimum atomic E-state index is -0.334. The molecule has 2 N–H and O–H groups in total. The summed E-state index contributed by atoms with van der Waals surface area (Å²) in [7, 11) is 0. The smallest absolute Gasteiger partial charge is 0.181 e. The highest BCUT2D eigenvalue weighted by atomic mass is 19.1. The molecule has 4 rings (SSSR count). The van der Waals surface area contributed by atoms with Crippen LogP contribution in [0.2, 0.25) is 0 Å². The largest absolute Gasteiger partial charge is 0.300 e. The summed E-state index contributed by atoms with van der Waals surface area (Å²) in [5.74, 6) is 1.09. The number of hydrogen-bond acceptors (Lipinski definition) is 5. The first-order valence-corrected chi connectivity index (χ1v) is 9.73. The second-order valence-corrected chi connectivity index (χ2v) is 7.21. The highest BCUT2D eigenvalue weighted by Crippen LogP contribution is 2.27. The Balaban J connectivity index is 1.60. The summed E-state index contributed by atoms with van der Waals surface area (Å²) >= 11 is 0. The molecule has 1 saturated heterocycles. The first-order chi connectivity index (χ1) is 14.1. The van der Waals surface area contributed by atoms with Gasteiger partial charge in [-0.25, -0.2) is 9.37 Å². The first-order valence-electron chi connectivity index (χ1n) is 9.73. The quantitative estimate of drug-likeness (QED) is 0.614. The van der Waals surface area contributed by atoms with E-state index in [4.69, 9.17) is 5.41 Å². The van der Waals surface area contributed by atoms with Crippen molar-refractivity contribution in [2.75, 3.05) is 13.1 Å². The molecule has 0 bridgehead atoms. The van der Waals surface area contributed by atoms with E-state index in [2.05, 4.69) is 31.8 Å². The van der Waals surface area contributed by atoms with E-state index in [-0.39, 0.29) is 11.5 Å². The van der Waals surface area contributed by atoms with Crippen LogP contribution in [0.4, 0.5) is 10.1 Å². The number of likely N-dealkylation sites (tertiary alicyclic amines) is 1. The van der Waals surface area contributed by atoms with Crippen LogP contribution >= 0.6 is 0 Å².